The maximum Gasteiger partial charge on any atom is 0.410 e. The van der Waals surface area contributed by atoms with Crippen molar-refractivity contribution in [2.75, 3.05) is 50.7 Å². The molecule has 3 aromatic heterocycles. The fraction of sp³-hybridized carbons (Fsp3) is 0.538. The SMILES string of the molecule is Cc1ccc(-n2cc(C(=O)NCc3nc(C(C)(C)C(F)(F)F)n[nH]3)cn2)c(C)c1-c1ccc(N2CCN(CC3CCN(C(=O)OC(C)(C)C)CC3)CC2)nc1. The molecule has 16 heteroatoms. The number of nitrogens with one attached hydrogen (secondary N) is 2. The zero-order valence-electron chi connectivity index (χ0n) is 32.6. The van der Waals surface area contributed by atoms with Crippen LogP contribution in [0.25, 0.3) is 16.8 Å². The van der Waals surface area contributed by atoms with E-state index in [0.29, 0.717) is 5.92 Å². The first-order valence-corrected chi connectivity index (χ1v) is 18.7. The smallest absolute Gasteiger partial charge is 0.410 e. The minimum absolute atomic E-state index is 0.111. The summed E-state index contributed by atoms with van der Waals surface area (Å²) in [6, 6.07) is 8.13. The largest absolute Gasteiger partial charge is 0.444 e. The lowest BCUT2D eigenvalue weighted by Gasteiger charge is -2.39. The summed E-state index contributed by atoms with van der Waals surface area (Å²) in [4.78, 5) is 40.9. The quantitative estimate of drug-likeness (QED) is 0.204. The van der Waals surface area contributed by atoms with Gasteiger partial charge in [0.2, 0.25) is 0 Å². The summed E-state index contributed by atoms with van der Waals surface area (Å²) >= 11 is 0. The lowest BCUT2D eigenvalue weighted by Crippen LogP contribution is -2.49. The number of anilines is 1. The van der Waals surface area contributed by atoms with E-state index in [1.165, 1.54) is 6.20 Å². The molecule has 0 unspecified atom stereocenters. The Kier molecular flexibility index (Phi) is 11.3. The van der Waals surface area contributed by atoms with E-state index in [-0.39, 0.29) is 24.0 Å². The minimum atomic E-state index is -4.53. The van der Waals surface area contributed by atoms with Gasteiger partial charge in [0.05, 0.1) is 24.0 Å². The Balaban J connectivity index is 1.03. The zero-order valence-corrected chi connectivity index (χ0v) is 32.6. The van der Waals surface area contributed by atoms with Crippen molar-refractivity contribution in [3.63, 3.8) is 0 Å². The first-order valence-electron chi connectivity index (χ1n) is 18.7. The number of carbonyl (C=O) groups is 2. The normalized spacial score (nSPS) is 16.4. The van der Waals surface area contributed by atoms with Crippen LogP contribution in [0.15, 0.2) is 42.9 Å². The molecular weight excluding hydrogens is 713 g/mol. The standard InChI is InChI=1S/C39H51F3N10O3/c1-25-8-10-30(52-24-29(21-45-52)34(53)44-22-31-46-35(48-47-31)38(6,7)39(40,41)42)26(2)33(25)28-9-11-32(43-20-28)50-18-16-49(17-19-50)23-27-12-14-51(15-13-27)36(54)55-37(3,4)5/h8-11,20-21,24,27H,12-19,22-23H2,1-7H3,(H,44,53)(H,46,47,48). The summed E-state index contributed by atoms with van der Waals surface area (Å²) in [5.74, 6) is 0.770. The van der Waals surface area contributed by atoms with Crippen molar-refractivity contribution in [2.45, 2.75) is 85.0 Å². The van der Waals surface area contributed by atoms with E-state index >= 15 is 0 Å². The monoisotopic (exact) mass is 764 g/mol. The summed E-state index contributed by atoms with van der Waals surface area (Å²) in [7, 11) is 0. The number of aryl methyl sites for hydroxylation is 1. The number of amides is 2. The number of piperidine rings is 1. The highest BCUT2D eigenvalue weighted by atomic mass is 19.4. The van der Waals surface area contributed by atoms with E-state index in [1.807, 2.05) is 57.8 Å². The van der Waals surface area contributed by atoms with Gasteiger partial charge in [-0.25, -0.2) is 19.4 Å². The molecule has 0 atom stereocenters. The molecule has 55 heavy (non-hydrogen) atoms. The lowest BCUT2D eigenvalue weighted by atomic mass is 9.92. The second-order valence-electron chi connectivity index (χ2n) is 16.1. The molecule has 1 aromatic carbocycles. The lowest BCUT2D eigenvalue weighted by molar-refractivity contribution is -0.182. The van der Waals surface area contributed by atoms with Gasteiger partial charge in [-0.2, -0.15) is 23.4 Å². The Labute approximate surface area is 319 Å². The number of ether oxygens (including phenoxy) is 1. The summed E-state index contributed by atoms with van der Waals surface area (Å²) < 4.78 is 47.4. The number of alkyl halides is 3. The number of benzene rings is 1. The van der Waals surface area contributed by atoms with Gasteiger partial charge in [0.1, 0.15) is 22.7 Å². The Bertz CT molecular complexity index is 1970. The van der Waals surface area contributed by atoms with Crippen LogP contribution >= 0.6 is 0 Å². The van der Waals surface area contributed by atoms with Gasteiger partial charge in [0.25, 0.3) is 5.91 Å². The number of pyridine rings is 1. The number of hydrogen-bond acceptors (Lipinski definition) is 9. The molecule has 5 heterocycles. The van der Waals surface area contributed by atoms with Gasteiger partial charge >= 0.3 is 12.3 Å². The molecule has 0 aliphatic carbocycles. The maximum atomic E-state index is 13.4. The van der Waals surface area contributed by atoms with Gasteiger partial charge in [0.15, 0.2) is 5.82 Å². The molecule has 0 radical (unpaired) electrons. The van der Waals surface area contributed by atoms with Gasteiger partial charge in [-0.3, -0.25) is 14.8 Å². The highest BCUT2D eigenvalue weighted by Crippen LogP contribution is 2.38. The van der Waals surface area contributed by atoms with Crippen LogP contribution in [0.3, 0.4) is 0 Å². The Morgan fingerprint density at radius 2 is 1.65 bits per heavy atom. The second-order valence-corrected chi connectivity index (χ2v) is 16.1. The molecule has 2 N–H and O–H groups in total. The summed E-state index contributed by atoms with van der Waals surface area (Å²) in [6.45, 7) is 17.8. The first-order chi connectivity index (χ1) is 25.9. The molecule has 0 spiro atoms. The number of halogens is 3. The number of hydrogen-bond donors (Lipinski definition) is 2. The van der Waals surface area contributed by atoms with E-state index in [4.69, 9.17) is 9.72 Å². The molecule has 0 bridgehead atoms. The van der Waals surface area contributed by atoms with Crippen molar-refractivity contribution in [1.29, 1.82) is 0 Å². The fourth-order valence-corrected chi connectivity index (χ4v) is 7.02. The average Bonchev–Trinajstić information content (AvgIpc) is 3.82. The number of H-pyrrole nitrogens is 1. The number of rotatable bonds is 9. The molecule has 4 aromatic rings. The maximum absolute atomic E-state index is 13.4. The predicted octanol–water partition coefficient (Wildman–Crippen LogP) is 6.21. The van der Waals surface area contributed by atoms with Crippen LogP contribution in [0.2, 0.25) is 0 Å². The summed E-state index contributed by atoms with van der Waals surface area (Å²) in [5.41, 5.74) is 2.41. The molecule has 6 rings (SSSR count). The number of carbonyl (C=O) groups excluding carboxylic acids is 2. The van der Waals surface area contributed by atoms with Crippen molar-refractivity contribution in [3.05, 3.63) is 71.2 Å². The van der Waals surface area contributed by atoms with E-state index in [1.54, 1.807) is 10.9 Å². The van der Waals surface area contributed by atoms with Crippen LogP contribution in [0, 0.1) is 19.8 Å². The zero-order chi connectivity index (χ0) is 39.7. The molecular formula is C39H51F3N10O3. The van der Waals surface area contributed by atoms with Crippen LogP contribution in [-0.2, 0) is 16.7 Å². The summed E-state index contributed by atoms with van der Waals surface area (Å²) in [5, 5.41) is 13.3. The molecule has 2 amide bonds. The van der Waals surface area contributed by atoms with Gasteiger partial charge in [-0.15, -0.1) is 0 Å². The van der Waals surface area contributed by atoms with E-state index in [2.05, 4.69) is 47.5 Å². The van der Waals surface area contributed by atoms with E-state index in [0.717, 1.165) is 106 Å². The number of aromatic amines is 1. The Morgan fingerprint density at radius 3 is 2.29 bits per heavy atom. The highest BCUT2D eigenvalue weighted by Gasteiger charge is 2.51. The van der Waals surface area contributed by atoms with Crippen LogP contribution in [-0.4, -0.2) is 109 Å². The Hall–Kier alpha value is -4.99. The molecule has 13 nitrogen and oxygen atoms in total. The summed E-state index contributed by atoms with van der Waals surface area (Å²) in [6.07, 6.45) is 2.20. The van der Waals surface area contributed by atoms with Crippen molar-refractivity contribution in [2.24, 2.45) is 5.92 Å². The predicted molar refractivity (Wildman–Crippen MR) is 202 cm³/mol. The molecule has 2 aliphatic rings. The van der Waals surface area contributed by atoms with E-state index < -0.39 is 28.9 Å². The number of nitrogens with zero attached hydrogens (tertiary/aromatic N) is 8. The van der Waals surface area contributed by atoms with Crippen molar-refractivity contribution < 1.29 is 27.5 Å². The average molecular weight is 765 g/mol. The third-order valence-corrected chi connectivity index (χ3v) is 10.5. The molecule has 0 saturated carbocycles. The van der Waals surface area contributed by atoms with Crippen molar-refractivity contribution in [3.8, 4) is 16.8 Å². The van der Waals surface area contributed by atoms with Crippen LogP contribution in [0.5, 0.6) is 0 Å². The van der Waals surface area contributed by atoms with Gasteiger partial charge in [-0.05, 0) is 102 Å². The molecule has 2 aliphatic heterocycles. The topological polar surface area (TPSA) is 137 Å². The Morgan fingerprint density at radius 1 is 0.945 bits per heavy atom. The van der Waals surface area contributed by atoms with Crippen LogP contribution < -0.4 is 10.2 Å². The number of aromatic nitrogens is 6. The number of likely N-dealkylation sites (tertiary alicyclic amines) is 1. The van der Waals surface area contributed by atoms with Gasteiger partial charge in [-0.1, -0.05) is 6.07 Å². The van der Waals surface area contributed by atoms with Gasteiger partial charge < -0.3 is 19.9 Å². The van der Waals surface area contributed by atoms with Gasteiger partial charge in [0, 0.05) is 63.8 Å². The molecule has 2 saturated heterocycles. The van der Waals surface area contributed by atoms with Crippen molar-refractivity contribution in [1.82, 2.24) is 45.1 Å². The second kappa shape index (κ2) is 15.6. The van der Waals surface area contributed by atoms with E-state index in [9.17, 15) is 22.8 Å². The minimum Gasteiger partial charge on any atom is -0.444 e. The first kappa shape index (κ1) is 39.7. The molecule has 2 fully saturated rings. The highest BCUT2D eigenvalue weighted by molar-refractivity contribution is 5.93. The molecule has 296 valence electrons. The van der Waals surface area contributed by atoms with Crippen LogP contribution in [0.1, 0.15) is 80.6 Å². The van der Waals surface area contributed by atoms with Crippen molar-refractivity contribution >= 4 is 17.8 Å². The third-order valence-electron chi connectivity index (χ3n) is 10.5. The fourth-order valence-electron chi connectivity index (χ4n) is 7.02. The van der Waals surface area contributed by atoms with Crippen LogP contribution in [0.4, 0.5) is 23.8 Å². The number of piperazine rings is 1. The third kappa shape index (κ3) is 9.11.